The summed E-state index contributed by atoms with van der Waals surface area (Å²) in [5.41, 5.74) is 3.16. The number of hydrogen-bond donors (Lipinski definition) is 1. The van der Waals surface area contributed by atoms with Gasteiger partial charge in [-0.15, -0.1) is 0 Å². The van der Waals surface area contributed by atoms with Gasteiger partial charge < -0.3 is 5.32 Å². The van der Waals surface area contributed by atoms with E-state index in [0.717, 1.165) is 29.4 Å². The smallest absolute Gasteiger partial charge is 0.164 e. The van der Waals surface area contributed by atoms with Crippen molar-refractivity contribution in [2.45, 2.75) is 33.6 Å². The molecule has 0 bridgehead atoms. The molecule has 0 aromatic carbocycles. The fraction of sp³-hybridized carbons (Fsp3) is 0.500. The van der Waals surface area contributed by atoms with Gasteiger partial charge in [0.15, 0.2) is 5.82 Å². The number of nitrogens with zero attached hydrogens (tertiary/aromatic N) is 4. The summed E-state index contributed by atoms with van der Waals surface area (Å²) >= 11 is 0. The maximum absolute atomic E-state index is 4.65. The van der Waals surface area contributed by atoms with E-state index in [1.165, 1.54) is 5.56 Å². The fourth-order valence-electron chi connectivity index (χ4n) is 2.24. The Morgan fingerprint density at radius 1 is 1.32 bits per heavy atom. The van der Waals surface area contributed by atoms with Crippen LogP contribution >= 0.6 is 0 Å². The van der Waals surface area contributed by atoms with Gasteiger partial charge in [-0.3, -0.25) is 4.68 Å². The summed E-state index contributed by atoms with van der Waals surface area (Å²) in [6.07, 6.45) is 3.72. The highest BCUT2D eigenvalue weighted by molar-refractivity contribution is 5.59. The van der Waals surface area contributed by atoms with Gasteiger partial charge in [-0.25, -0.2) is 9.97 Å². The number of anilines is 1. The highest BCUT2D eigenvalue weighted by Gasteiger charge is 2.15. The van der Waals surface area contributed by atoms with E-state index >= 15 is 0 Å². The van der Waals surface area contributed by atoms with Crippen LogP contribution in [0.4, 0.5) is 5.82 Å². The first-order chi connectivity index (χ1) is 9.02. The van der Waals surface area contributed by atoms with E-state index in [4.69, 9.17) is 0 Å². The van der Waals surface area contributed by atoms with Crippen LogP contribution in [-0.4, -0.2) is 26.3 Å². The SMILES string of the molecule is CCNc1nc(-c2cnn(C)c2)nc(C)c1C(C)C. The Morgan fingerprint density at radius 3 is 2.58 bits per heavy atom. The summed E-state index contributed by atoms with van der Waals surface area (Å²) in [7, 11) is 1.89. The molecule has 0 saturated heterocycles. The topological polar surface area (TPSA) is 55.6 Å². The summed E-state index contributed by atoms with van der Waals surface area (Å²) in [5.74, 6) is 2.06. The first kappa shape index (κ1) is 13.5. The molecule has 2 aromatic rings. The molecule has 0 aliphatic rings. The molecular formula is C14H21N5. The third-order valence-electron chi connectivity index (χ3n) is 3.02. The summed E-state index contributed by atoms with van der Waals surface area (Å²) in [6, 6.07) is 0. The molecule has 19 heavy (non-hydrogen) atoms. The number of nitrogens with one attached hydrogen (secondary N) is 1. The van der Waals surface area contributed by atoms with Crippen molar-refractivity contribution in [1.82, 2.24) is 19.7 Å². The highest BCUT2D eigenvalue weighted by atomic mass is 15.2. The Bertz CT molecular complexity index is 571. The van der Waals surface area contributed by atoms with Crippen LogP contribution in [0.3, 0.4) is 0 Å². The Labute approximate surface area is 114 Å². The maximum Gasteiger partial charge on any atom is 0.164 e. The third kappa shape index (κ3) is 2.75. The second-order valence-corrected chi connectivity index (χ2v) is 4.98. The van der Waals surface area contributed by atoms with Crippen molar-refractivity contribution < 1.29 is 0 Å². The van der Waals surface area contributed by atoms with Crippen molar-refractivity contribution in [2.75, 3.05) is 11.9 Å². The highest BCUT2D eigenvalue weighted by Crippen LogP contribution is 2.27. The van der Waals surface area contributed by atoms with Crippen molar-refractivity contribution in [3.8, 4) is 11.4 Å². The van der Waals surface area contributed by atoms with Gasteiger partial charge in [-0.05, 0) is 19.8 Å². The molecule has 2 aromatic heterocycles. The van der Waals surface area contributed by atoms with Crippen molar-refractivity contribution in [1.29, 1.82) is 0 Å². The van der Waals surface area contributed by atoms with E-state index in [9.17, 15) is 0 Å². The number of hydrogen-bond acceptors (Lipinski definition) is 4. The molecule has 0 spiro atoms. The van der Waals surface area contributed by atoms with Crippen LogP contribution in [0.2, 0.25) is 0 Å². The van der Waals surface area contributed by atoms with Gasteiger partial charge in [0.1, 0.15) is 5.82 Å². The molecule has 2 heterocycles. The number of aromatic nitrogens is 4. The monoisotopic (exact) mass is 259 g/mol. The molecule has 0 saturated carbocycles. The zero-order valence-electron chi connectivity index (χ0n) is 12.2. The first-order valence-electron chi connectivity index (χ1n) is 6.64. The molecule has 0 radical (unpaired) electrons. The van der Waals surface area contributed by atoms with Crippen LogP contribution < -0.4 is 5.32 Å². The Balaban J connectivity index is 2.53. The molecular weight excluding hydrogens is 238 g/mol. The standard InChI is InChI=1S/C14H21N5/c1-6-15-14-12(9(2)3)10(4)17-13(18-14)11-7-16-19(5)8-11/h7-9H,6H2,1-5H3,(H,15,17,18). The molecule has 0 aliphatic heterocycles. The number of aryl methyl sites for hydroxylation is 2. The van der Waals surface area contributed by atoms with E-state index in [1.807, 2.05) is 20.2 Å². The van der Waals surface area contributed by atoms with Crippen molar-refractivity contribution in [3.05, 3.63) is 23.7 Å². The molecule has 1 N–H and O–H groups in total. The van der Waals surface area contributed by atoms with Crippen molar-refractivity contribution in [3.63, 3.8) is 0 Å². The molecule has 2 rings (SSSR count). The normalized spacial score (nSPS) is 11.1. The van der Waals surface area contributed by atoms with Gasteiger partial charge in [0.05, 0.1) is 11.8 Å². The van der Waals surface area contributed by atoms with E-state index in [0.29, 0.717) is 5.92 Å². The maximum atomic E-state index is 4.65. The Kier molecular flexibility index (Phi) is 3.83. The van der Waals surface area contributed by atoms with Gasteiger partial charge in [-0.2, -0.15) is 5.10 Å². The molecule has 102 valence electrons. The Hall–Kier alpha value is -1.91. The molecule has 0 amide bonds. The molecule has 5 nitrogen and oxygen atoms in total. The average Bonchev–Trinajstić information content (AvgIpc) is 2.75. The minimum absolute atomic E-state index is 0.400. The molecule has 0 fully saturated rings. The third-order valence-corrected chi connectivity index (χ3v) is 3.02. The van der Waals surface area contributed by atoms with E-state index in [1.54, 1.807) is 10.9 Å². The van der Waals surface area contributed by atoms with Gasteiger partial charge in [0.2, 0.25) is 0 Å². The zero-order chi connectivity index (χ0) is 14.0. The lowest BCUT2D eigenvalue weighted by atomic mass is 10.0. The van der Waals surface area contributed by atoms with E-state index in [-0.39, 0.29) is 0 Å². The van der Waals surface area contributed by atoms with Crippen molar-refractivity contribution in [2.24, 2.45) is 7.05 Å². The first-order valence-corrected chi connectivity index (χ1v) is 6.64. The van der Waals surface area contributed by atoms with Gasteiger partial charge >= 0.3 is 0 Å². The van der Waals surface area contributed by atoms with Crippen LogP contribution in [0, 0.1) is 6.92 Å². The van der Waals surface area contributed by atoms with Gasteiger partial charge in [0, 0.05) is 31.0 Å². The summed E-state index contributed by atoms with van der Waals surface area (Å²) < 4.78 is 1.76. The Morgan fingerprint density at radius 2 is 2.05 bits per heavy atom. The van der Waals surface area contributed by atoms with Crippen LogP contribution in [-0.2, 0) is 7.05 Å². The second-order valence-electron chi connectivity index (χ2n) is 4.98. The summed E-state index contributed by atoms with van der Waals surface area (Å²) in [5, 5.41) is 7.51. The minimum Gasteiger partial charge on any atom is -0.370 e. The summed E-state index contributed by atoms with van der Waals surface area (Å²) in [6.45, 7) is 9.29. The quantitative estimate of drug-likeness (QED) is 0.917. The molecule has 0 atom stereocenters. The largest absolute Gasteiger partial charge is 0.370 e. The van der Waals surface area contributed by atoms with E-state index in [2.05, 4.69) is 41.2 Å². The van der Waals surface area contributed by atoms with Crippen LogP contribution in [0.25, 0.3) is 11.4 Å². The van der Waals surface area contributed by atoms with E-state index < -0.39 is 0 Å². The lowest BCUT2D eigenvalue weighted by Gasteiger charge is -2.16. The predicted octanol–water partition coefficient (Wildman–Crippen LogP) is 2.74. The molecule has 5 heteroatoms. The average molecular weight is 259 g/mol. The lowest BCUT2D eigenvalue weighted by molar-refractivity contribution is 0.768. The second kappa shape index (κ2) is 5.38. The van der Waals surface area contributed by atoms with Gasteiger partial charge in [0.25, 0.3) is 0 Å². The predicted molar refractivity (Wildman–Crippen MR) is 77.2 cm³/mol. The number of rotatable bonds is 4. The van der Waals surface area contributed by atoms with Crippen molar-refractivity contribution >= 4 is 5.82 Å². The van der Waals surface area contributed by atoms with Crippen LogP contribution in [0.15, 0.2) is 12.4 Å². The van der Waals surface area contributed by atoms with Crippen LogP contribution in [0.5, 0.6) is 0 Å². The van der Waals surface area contributed by atoms with Crippen LogP contribution in [0.1, 0.15) is 37.9 Å². The minimum atomic E-state index is 0.400. The molecule has 0 aliphatic carbocycles. The fourth-order valence-corrected chi connectivity index (χ4v) is 2.24. The summed E-state index contributed by atoms with van der Waals surface area (Å²) in [4.78, 5) is 9.27. The van der Waals surface area contributed by atoms with Gasteiger partial charge in [-0.1, -0.05) is 13.8 Å². The zero-order valence-corrected chi connectivity index (χ0v) is 12.2. The molecule has 0 unspecified atom stereocenters. The lowest BCUT2D eigenvalue weighted by Crippen LogP contribution is -2.09.